The normalized spacial score (nSPS) is 14.2. The molecule has 564 valence electrons. The minimum atomic E-state index is -4.95. The molecule has 0 bridgehead atoms. The number of carbonyl (C=O) groups excluding carboxylic acids is 4. The zero-order chi connectivity index (χ0) is 69.8. The fourth-order valence-corrected chi connectivity index (χ4v) is 13.3. The third-order valence-corrected chi connectivity index (χ3v) is 20.0. The summed E-state index contributed by atoms with van der Waals surface area (Å²) in [5, 5.41) is 10.6. The van der Waals surface area contributed by atoms with Gasteiger partial charge in [0.2, 0.25) is 0 Å². The number of phosphoric acid groups is 2. The summed E-state index contributed by atoms with van der Waals surface area (Å²) in [6.07, 6.45) is 58.6. The zero-order valence-electron chi connectivity index (χ0n) is 61.8. The number of aliphatic hydroxyl groups is 1. The molecule has 3 unspecified atom stereocenters. The van der Waals surface area contributed by atoms with Crippen molar-refractivity contribution in [2.75, 3.05) is 39.6 Å². The summed E-state index contributed by atoms with van der Waals surface area (Å²) in [7, 11) is -9.90. The second kappa shape index (κ2) is 69.2. The van der Waals surface area contributed by atoms with Crippen LogP contribution in [0.3, 0.4) is 0 Å². The number of phosphoric ester groups is 2. The first-order valence-electron chi connectivity index (χ1n) is 39.7. The first-order chi connectivity index (χ1) is 46.1. The number of carbonyl (C=O) groups is 4. The van der Waals surface area contributed by atoms with Crippen molar-refractivity contribution in [1.29, 1.82) is 0 Å². The molecule has 0 fully saturated rings. The van der Waals surface area contributed by atoms with Crippen LogP contribution < -0.4 is 0 Å². The van der Waals surface area contributed by atoms with Gasteiger partial charge in [-0.25, -0.2) is 9.13 Å². The molecule has 0 saturated heterocycles. The molecule has 0 spiro atoms. The summed E-state index contributed by atoms with van der Waals surface area (Å²) in [5.41, 5.74) is 0. The van der Waals surface area contributed by atoms with Gasteiger partial charge in [0.1, 0.15) is 19.3 Å². The number of hydrogen-bond donors (Lipinski definition) is 3. The lowest BCUT2D eigenvalue weighted by Crippen LogP contribution is -2.30. The lowest BCUT2D eigenvalue weighted by molar-refractivity contribution is -0.161. The molecule has 0 aliphatic carbocycles. The van der Waals surface area contributed by atoms with Crippen LogP contribution in [0, 0.1) is 5.92 Å². The molecule has 0 aromatic heterocycles. The molecule has 0 saturated carbocycles. The Kier molecular flexibility index (Phi) is 67.7. The predicted octanol–water partition coefficient (Wildman–Crippen LogP) is 22.5. The van der Waals surface area contributed by atoms with E-state index in [9.17, 15) is 43.2 Å². The fourth-order valence-electron chi connectivity index (χ4n) is 11.7. The van der Waals surface area contributed by atoms with Gasteiger partial charge in [-0.15, -0.1) is 0 Å². The molecular weight excluding hydrogens is 1250 g/mol. The van der Waals surface area contributed by atoms with Gasteiger partial charge >= 0.3 is 39.5 Å². The number of esters is 4. The highest BCUT2D eigenvalue weighted by Crippen LogP contribution is 2.45. The molecule has 0 aliphatic rings. The van der Waals surface area contributed by atoms with Crippen LogP contribution in [0.2, 0.25) is 0 Å². The second-order valence-corrected chi connectivity index (χ2v) is 30.5. The topological polar surface area (TPSA) is 237 Å². The monoisotopic (exact) mass is 1400 g/mol. The Balaban J connectivity index is 5.11. The lowest BCUT2D eigenvalue weighted by atomic mass is 9.99. The molecule has 17 nitrogen and oxygen atoms in total. The van der Waals surface area contributed by atoms with E-state index in [-0.39, 0.29) is 25.7 Å². The first-order valence-corrected chi connectivity index (χ1v) is 42.7. The van der Waals surface area contributed by atoms with Gasteiger partial charge < -0.3 is 33.8 Å². The van der Waals surface area contributed by atoms with E-state index in [4.69, 9.17) is 37.0 Å². The van der Waals surface area contributed by atoms with Gasteiger partial charge in [-0.05, 0) is 31.6 Å². The molecule has 0 amide bonds. The smallest absolute Gasteiger partial charge is 0.462 e. The van der Waals surface area contributed by atoms with Gasteiger partial charge in [0.25, 0.3) is 0 Å². The number of aliphatic hydroxyl groups excluding tert-OH is 1. The Hall–Kier alpha value is -1.94. The summed E-state index contributed by atoms with van der Waals surface area (Å²) >= 11 is 0. The molecule has 95 heavy (non-hydrogen) atoms. The van der Waals surface area contributed by atoms with Gasteiger partial charge in [-0.2, -0.15) is 0 Å². The summed E-state index contributed by atoms with van der Waals surface area (Å²) in [4.78, 5) is 72.5. The summed E-state index contributed by atoms with van der Waals surface area (Å²) in [6.45, 7) is 7.28. The number of unbranched alkanes of at least 4 members (excludes halogenated alkanes) is 47. The highest BCUT2D eigenvalue weighted by molar-refractivity contribution is 7.47. The van der Waals surface area contributed by atoms with Gasteiger partial charge in [-0.1, -0.05) is 349 Å². The second-order valence-electron chi connectivity index (χ2n) is 27.6. The van der Waals surface area contributed by atoms with Crippen molar-refractivity contribution in [2.45, 2.75) is 419 Å². The largest absolute Gasteiger partial charge is 0.472 e. The van der Waals surface area contributed by atoms with Crippen LogP contribution in [-0.2, 0) is 65.4 Å². The summed E-state index contributed by atoms with van der Waals surface area (Å²) in [6, 6.07) is 0. The number of hydrogen-bond acceptors (Lipinski definition) is 15. The average molecular weight is 1400 g/mol. The van der Waals surface area contributed by atoms with E-state index in [0.717, 1.165) is 115 Å². The van der Waals surface area contributed by atoms with Gasteiger partial charge in [0.15, 0.2) is 12.2 Å². The van der Waals surface area contributed by atoms with E-state index >= 15 is 0 Å². The van der Waals surface area contributed by atoms with E-state index in [0.29, 0.717) is 25.7 Å². The molecule has 0 aromatic carbocycles. The Bertz CT molecular complexity index is 1820. The molecular formula is C76H148O17P2. The standard InChI is InChI=1S/C76H148O17P2/c1-6-10-13-16-19-21-22-23-24-25-29-32-35-38-41-46-50-55-60-74(79)87-66-72(93-76(81)62-57-52-47-42-39-36-33-30-27-26-28-31-34-37-40-44-48-53-58-69(5)9-4)68-91-95(84,85)89-64-70(77)63-88-94(82,83)90-67-71(65-86-73(78)59-54-49-43-18-15-12-8-3)92-75(80)61-56-51-45-20-17-14-11-7-2/h69-72,77H,6-68H2,1-5H3,(H,82,83)(H,84,85)/t69?,70-,71+,72+/m0/s1. The molecule has 0 rings (SSSR count). The van der Waals surface area contributed by atoms with Crippen LogP contribution >= 0.6 is 15.6 Å². The minimum Gasteiger partial charge on any atom is -0.462 e. The predicted molar refractivity (Wildman–Crippen MR) is 386 cm³/mol. The molecule has 6 atom stereocenters. The highest BCUT2D eigenvalue weighted by Gasteiger charge is 2.30. The van der Waals surface area contributed by atoms with Crippen molar-refractivity contribution < 1.29 is 80.2 Å². The summed E-state index contributed by atoms with van der Waals surface area (Å²) < 4.78 is 68.3. The maximum absolute atomic E-state index is 13.1. The van der Waals surface area contributed by atoms with Gasteiger partial charge in [0, 0.05) is 25.7 Å². The summed E-state index contributed by atoms with van der Waals surface area (Å²) in [5.74, 6) is -1.25. The quantitative estimate of drug-likeness (QED) is 0.0222. The molecule has 19 heteroatoms. The van der Waals surface area contributed by atoms with Crippen molar-refractivity contribution in [2.24, 2.45) is 5.92 Å². The lowest BCUT2D eigenvalue weighted by Gasteiger charge is -2.21. The van der Waals surface area contributed by atoms with E-state index < -0.39 is 97.5 Å². The van der Waals surface area contributed by atoms with E-state index in [1.807, 2.05) is 0 Å². The SMILES string of the molecule is CCCCCCCCCCCCCCCCCCCCC(=O)OC[C@H](COP(=O)(O)OC[C@@H](O)COP(=O)(O)OC[C@@H](COC(=O)CCCCCCCCC)OC(=O)CCCCCCCCCC)OC(=O)CCCCCCCCCCCCCCCCCCCCC(C)CC. The Labute approximate surface area is 581 Å². The van der Waals surface area contributed by atoms with Crippen LogP contribution in [-0.4, -0.2) is 96.7 Å². The van der Waals surface area contributed by atoms with Crippen molar-refractivity contribution in [3.8, 4) is 0 Å². The van der Waals surface area contributed by atoms with Crippen LogP contribution in [0.1, 0.15) is 401 Å². The van der Waals surface area contributed by atoms with E-state index in [2.05, 4.69) is 34.6 Å². The third-order valence-electron chi connectivity index (χ3n) is 18.1. The number of ether oxygens (including phenoxy) is 4. The minimum absolute atomic E-state index is 0.105. The Morgan fingerprint density at radius 3 is 0.747 bits per heavy atom. The van der Waals surface area contributed by atoms with Crippen molar-refractivity contribution >= 4 is 39.5 Å². The van der Waals surface area contributed by atoms with Crippen molar-refractivity contribution in [3.63, 3.8) is 0 Å². The van der Waals surface area contributed by atoms with Crippen LogP contribution in [0.15, 0.2) is 0 Å². The molecule has 0 heterocycles. The van der Waals surface area contributed by atoms with Crippen LogP contribution in [0.5, 0.6) is 0 Å². The Morgan fingerprint density at radius 2 is 0.505 bits per heavy atom. The van der Waals surface area contributed by atoms with Gasteiger partial charge in [-0.3, -0.25) is 37.3 Å². The maximum atomic E-state index is 13.1. The highest BCUT2D eigenvalue weighted by atomic mass is 31.2. The molecule has 0 radical (unpaired) electrons. The van der Waals surface area contributed by atoms with E-state index in [1.54, 1.807) is 0 Å². The molecule has 3 N–H and O–H groups in total. The van der Waals surface area contributed by atoms with Crippen molar-refractivity contribution in [3.05, 3.63) is 0 Å². The van der Waals surface area contributed by atoms with Crippen molar-refractivity contribution in [1.82, 2.24) is 0 Å². The zero-order valence-corrected chi connectivity index (χ0v) is 63.6. The Morgan fingerprint density at radius 1 is 0.295 bits per heavy atom. The number of rotatable bonds is 76. The van der Waals surface area contributed by atoms with Gasteiger partial charge in [0.05, 0.1) is 26.4 Å². The first kappa shape index (κ1) is 93.1. The van der Waals surface area contributed by atoms with E-state index in [1.165, 1.54) is 205 Å². The third kappa shape index (κ3) is 69.0. The average Bonchev–Trinajstić information content (AvgIpc) is 1.42. The van der Waals surface area contributed by atoms with Crippen LogP contribution in [0.25, 0.3) is 0 Å². The maximum Gasteiger partial charge on any atom is 0.472 e. The fraction of sp³-hybridized carbons (Fsp3) is 0.947. The molecule has 0 aliphatic heterocycles. The molecule has 0 aromatic rings. The van der Waals surface area contributed by atoms with Crippen LogP contribution in [0.4, 0.5) is 0 Å².